The van der Waals surface area contributed by atoms with Crippen molar-refractivity contribution >= 4 is 11.6 Å². The van der Waals surface area contributed by atoms with Gasteiger partial charge >= 0.3 is 0 Å². The summed E-state index contributed by atoms with van der Waals surface area (Å²) < 4.78 is 1.62. The Balaban J connectivity index is 1.63. The molecule has 1 aromatic carbocycles. The van der Waals surface area contributed by atoms with E-state index in [4.69, 9.17) is 0 Å². The number of benzene rings is 1. The number of aromatic nitrogens is 3. The number of hydrogen-bond donors (Lipinski definition) is 1. The van der Waals surface area contributed by atoms with Crippen LogP contribution < -0.4 is 5.32 Å². The fraction of sp³-hybridized carbons (Fsp3) is 0.278. The van der Waals surface area contributed by atoms with E-state index >= 15 is 0 Å². The molecule has 0 atom stereocenters. The lowest BCUT2D eigenvalue weighted by Gasteiger charge is -2.06. The molecule has 5 heteroatoms. The summed E-state index contributed by atoms with van der Waals surface area (Å²) in [5.41, 5.74) is 4.37. The number of imidazole rings is 1. The van der Waals surface area contributed by atoms with Crippen molar-refractivity contribution in [3.8, 4) is 0 Å². The van der Waals surface area contributed by atoms with Gasteiger partial charge in [-0.3, -0.25) is 4.79 Å². The molecule has 3 aromatic rings. The number of rotatable bonds is 5. The minimum atomic E-state index is -0.136. The maximum absolute atomic E-state index is 12.3. The molecule has 0 radical (unpaired) electrons. The number of fused-ring (bicyclic) bond motifs is 1. The zero-order valence-corrected chi connectivity index (χ0v) is 13.4. The molecular formula is C18H20N4O. The molecule has 0 aliphatic rings. The zero-order chi connectivity index (χ0) is 16.2. The molecule has 1 N–H and O–H groups in total. The van der Waals surface area contributed by atoms with Crippen molar-refractivity contribution in [3.63, 3.8) is 0 Å². The molecular weight excluding hydrogens is 288 g/mol. The second-order valence-corrected chi connectivity index (χ2v) is 5.69. The third kappa shape index (κ3) is 3.39. The van der Waals surface area contributed by atoms with Crippen LogP contribution in [0.1, 0.15) is 33.7 Å². The molecule has 23 heavy (non-hydrogen) atoms. The van der Waals surface area contributed by atoms with Crippen LogP contribution in [0.3, 0.4) is 0 Å². The van der Waals surface area contributed by atoms with E-state index in [-0.39, 0.29) is 5.91 Å². The van der Waals surface area contributed by atoms with Gasteiger partial charge in [-0.2, -0.15) is 5.10 Å². The van der Waals surface area contributed by atoms with Gasteiger partial charge in [-0.15, -0.1) is 0 Å². The highest BCUT2D eigenvalue weighted by Gasteiger charge is 2.14. The van der Waals surface area contributed by atoms with Crippen LogP contribution in [0, 0.1) is 13.8 Å². The van der Waals surface area contributed by atoms with Crippen LogP contribution >= 0.6 is 0 Å². The number of nitrogens with one attached hydrogen (secondary N) is 1. The summed E-state index contributed by atoms with van der Waals surface area (Å²) in [5, 5.41) is 7.33. The molecule has 0 saturated heterocycles. The van der Waals surface area contributed by atoms with Crippen molar-refractivity contribution in [2.45, 2.75) is 26.7 Å². The summed E-state index contributed by atoms with van der Waals surface area (Å²) in [6.07, 6.45) is 3.43. The average Bonchev–Trinajstić information content (AvgIpc) is 2.96. The van der Waals surface area contributed by atoms with Crippen molar-refractivity contribution in [1.29, 1.82) is 0 Å². The molecule has 3 rings (SSSR count). The predicted octanol–water partition coefficient (Wildman–Crippen LogP) is 2.71. The van der Waals surface area contributed by atoms with Crippen LogP contribution in [0.15, 0.2) is 42.6 Å². The van der Waals surface area contributed by atoms with E-state index in [0.717, 1.165) is 29.7 Å². The van der Waals surface area contributed by atoms with E-state index in [2.05, 4.69) is 27.5 Å². The SMILES string of the molecule is Cc1cc(C)c2ncc(C(=O)NCCCc3ccccc3)n2n1. The van der Waals surface area contributed by atoms with Gasteiger partial charge in [0.2, 0.25) is 0 Å². The highest BCUT2D eigenvalue weighted by Crippen LogP contribution is 2.11. The lowest BCUT2D eigenvalue weighted by Crippen LogP contribution is -2.26. The fourth-order valence-electron chi connectivity index (χ4n) is 2.66. The molecule has 0 fully saturated rings. The van der Waals surface area contributed by atoms with Gasteiger partial charge in [-0.25, -0.2) is 9.50 Å². The summed E-state index contributed by atoms with van der Waals surface area (Å²) in [5.74, 6) is -0.136. The summed E-state index contributed by atoms with van der Waals surface area (Å²) in [6, 6.07) is 12.2. The van der Waals surface area contributed by atoms with Crippen molar-refractivity contribution < 1.29 is 4.79 Å². The van der Waals surface area contributed by atoms with Crippen LogP contribution in [0.25, 0.3) is 5.65 Å². The Bertz CT molecular complexity index is 824. The van der Waals surface area contributed by atoms with Gasteiger partial charge in [0.25, 0.3) is 5.91 Å². The third-order valence-corrected chi connectivity index (χ3v) is 3.78. The predicted molar refractivity (Wildman–Crippen MR) is 89.6 cm³/mol. The van der Waals surface area contributed by atoms with Gasteiger partial charge in [0.15, 0.2) is 5.65 Å². The highest BCUT2D eigenvalue weighted by atomic mass is 16.2. The zero-order valence-electron chi connectivity index (χ0n) is 13.4. The quantitative estimate of drug-likeness (QED) is 0.737. The average molecular weight is 308 g/mol. The smallest absolute Gasteiger partial charge is 0.271 e. The Hall–Kier alpha value is -2.69. The van der Waals surface area contributed by atoms with Crippen LogP contribution in [0.5, 0.6) is 0 Å². The van der Waals surface area contributed by atoms with E-state index in [0.29, 0.717) is 12.2 Å². The van der Waals surface area contributed by atoms with Crippen molar-refractivity contribution in [3.05, 3.63) is 65.1 Å². The molecule has 0 spiro atoms. The first-order valence-electron chi connectivity index (χ1n) is 7.79. The Morgan fingerprint density at radius 1 is 1.22 bits per heavy atom. The highest BCUT2D eigenvalue weighted by molar-refractivity contribution is 5.93. The van der Waals surface area contributed by atoms with Crippen molar-refractivity contribution in [2.75, 3.05) is 6.54 Å². The Kier molecular flexibility index (Phi) is 4.37. The van der Waals surface area contributed by atoms with Gasteiger partial charge in [0.05, 0.1) is 11.9 Å². The Morgan fingerprint density at radius 2 is 2.00 bits per heavy atom. The standard InChI is InChI=1S/C18H20N4O/c1-13-11-14(2)21-22-16(12-20-17(13)22)18(23)19-10-6-9-15-7-4-3-5-8-15/h3-5,7-8,11-12H,6,9-10H2,1-2H3,(H,19,23). The molecule has 5 nitrogen and oxygen atoms in total. The van der Waals surface area contributed by atoms with Crippen molar-refractivity contribution in [1.82, 2.24) is 19.9 Å². The maximum Gasteiger partial charge on any atom is 0.271 e. The number of nitrogens with zero attached hydrogens (tertiary/aromatic N) is 3. The Morgan fingerprint density at radius 3 is 2.78 bits per heavy atom. The van der Waals surface area contributed by atoms with Crippen LogP contribution in [0.2, 0.25) is 0 Å². The third-order valence-electron chi connectivity index (χ3n) is 3.78. The van der Waals surface area contributed by atoms with Crippen LogP contribution in [-0.4, -0.2) is 27.0 Å². The van der Waals surface area contributed by atoms with Crippen LogP contribution in [-0.2, 0) is 6.42 Å². The minimum absolute atomic E-state index is 0.136. The number of aryl methyl sites for hydroxylation is 3. The van der Waals surface area contributed by atoms with E-state index in [1.54, 1.807) is 10.7 Å². The molecule has 0 aliphatic carbocycles. The molecule has 0 saturated carbocycles. The van der Waals surface area contributed by atoms with Crippen LogP contribution in [0.4, 0.5) is 0 Å². The monoisotopic (exact) mass is 308 g/mol. The van der Waals surface area contributed by atoms with Crippen molar-refractivity contribution in [2.24, 2.45) is 0 Å². The maximum atomic E-state index is 12.3. The topological polar surface area (TPSA) is 59.3 Å². The molecule has 0 bridgehead atoms. The normalized spacial score (nSPS) is 10.9. The number of amides is 1. The summed E-state index contributed by atoms with van der Waals surface area (Å²) >= 11 is 0. The van der Waals surface area contributed by atoms with Gasteiger partial charge in [-0.05, 0) is 43.9 Å². The first kappa shape index (κ1) is 15.2. The van der Waals surface area contributed by atoms with E-state index in [1.807, 2.05) is 38.1 Å². The molecule has 2 aromatic heterocycles. The first-order valence-corrected chi connectivity index (χ1v) is 7.79. The molecule has 118 valence electrons. The molecule has 2 heterocycles. The fourth-order valence-corrected chi connectivity index (χ4v) is 2.66. The lowest BCUT2D eigenvalue weighted by molar-refractivity contribution is 0.0946. The number of carbonyl (C=O) groups is 1. The van der Waals surface area contributed by atoms with Gasteiger partial charge in [-0.1, -0.05) is 30.3 Å². The number of hydrogen-bond acceptors (Lipinski definition) is 3. The molecule has 0 aliphatic heterocycles. The van der Waals surface area contributed by atoms with E-state index in [9.17, 15) is 4.79 Å². The number of carbonyl (C=O) groups excluding carboxylic acids is 1. The lowest BCUT2D eigenvalue weighted by atomic mass is 10.1. The second-order valence-electron chi connectivity index (χ2n) is 5.69. The van der Waals surface area contributed by atoms with E-state index < -0.39 is 0 Å². The van der Waals surface area contributed by atoms with E-state index in [1.165, 1.54) is 5.56 Å². The summed E-state index contributed by atoms with van der Waals surface area (Å²) in [6.45, 7) is 4.51. The molecule has 1 amide bonds. The summed E-state index contributed by atoms with van der Waals surface area (Å²) in [4.78, 5) is 16.6. The largest absolute Gasteiger partial charge is 0.351 e. The molecule has 0 unspecified atom stereocenters. The van der Waals surface area contributed by atoms with Gasteiger partial charge < -0.3 is 5.32 Å². The minimum Gasteiger partial charge on any atom is -0.351 e. The summed E-state index contributed by atoms with van der Waals surface area (Å²) in [7, 11) is 0. The first-order chi connectivity index (χ1) is 11.1. The van der Waals surface area contributed by atoms with Gasteiger partial charge in [0.1, 0.15) is 5.69 Å². The Labute approximate surface area is 135 Å². The van der Waals surface area contributed by atoms with Gasteiger partial charge in [0, 0.05) is 6.54 Å². The second kappa shape index (κ2) is 6.60.